The molecule has 0 spiro atoms. The summed E-state index contributed by atoms with van der Waals surface area (Å²) in [6, 6.07) is 0. The number of aryl methyl sites for hydroxylation is 1. The maximum atomic E-state index is 11.4. The van der Waals surface area contributed by atoms with Crippen LogP contribution in [0.4, 0.5) is 5.13 Å². The van der Waals surface area contributed by atoms with E-state index < -0.39 is 0 Å². The van der Waals surface area contributed by atoms with Crippen molar-refractivity contribution in [3.8, 4) is 0 Å². The lowest BCUT2D eigenvalue weighted by Gasteiger charge is -2.03. The highest BCUT2D eigenvalue weighted by atomic mass is 32.1. The molecule has 1 heterocycles. The summed E-state index contributed by atoms with van der Waals surface area (Å²) in [5.74, 6) is -0.336. The number of rotatable bonds is 8. The molecule has 0 atom stereocenters. The number of unbranched alkanes of at least 4 members (excludes halogenated alkanes) is 1. The smallest absolute Gasteiger partial charge is 0.350 e. The van der Waals surface area contributed by atoms with Crippen LogP contribution in [0.25, 0.3) is 0 Å². The molecule has 6 heteroatoms. The van der Waals surface area contributed by atoms with Gasteiger partial charge in [0.15, 0.2) is 5.13 Å². The molecule has 0 bridgehead atoms. The average Bonchev–Trinajstić information content (AvgIpc) is 2.74. The summed E-state index contributed by atoms with van der Waals surface area (Å²) in [6.07, 6.45) is 2.23. The molecule has 0 aliphatic heterocycles. The van der Waals surface area contributed by atoms with Crippen molar-refractivity contribution in [1.82, 2.24) is 4.98 Å². The minimum absolute atomic E-state index is 0.336. The summed E-state index contributed by atoms with van der Waals surface area (Å²) in [4.78, 5) is 16.2. The van der Waals surface area contributed by atoms with E-state index in [1.54, 1.807) is 6.92 Å². The summed E-state index contributed by atoms with van der Waals surface area (Å²) in [5.41, 5.74) is 0.696. The van der Waals surface area contributed by atoms with Crippen molar-refractivity contribution in [3.63, 3.8) is 0 Å². The third-order valence-electron chi connectivity index (χ3n) is 2.33. The Balaban J connectivity index is 2.33. The Morgan fingerprint density at radius 1 is 1.44 bits per heavy atom. The predicted molar refractivity (Wildman–Crippen MR) is 72.4 cm³/mol. The second-order valence-electron chi connectivity index (χ2n) is 3.82. The maximum absolute atomic E-state index is 11.4. The summed E-state index contributed by atoms with van der Waals surface area (Å²) < 4.78 is 10.1. The Kier molecular flexibility index (Phi) is 6.67. The van der Waals surface area contributed by atoms with Crippen LogP contribution in [-0.4, -0.2) is 37.8 Å². The van der Waals surface area contributed by atoms with Gasteiger partial charge in [-0.25, -0.2) is 9.78 Å². The Morgan fingerprint density at radius 3 is 2.89 bits per heavy atom. The molecule has 5 nitrogen and oxygen atoms in total. The van der Waals surface area contributed by atoms with E-state index in [0.717, 1.165) is 24.6 Å². The minimum Gasteiger partial charge on any atom is -0.465 e. The fourth-order valence-electron chi connectivity index (χ4n) is 1.33. The third-order valence-corrected chi connectivity index (χ3v) is 3.43. The molecule has 0 unspecified atom stereocenters. The molecule has 0 radical (unpaired) electrons. The van der Waals surface area contributed by atoms with Gasteiger partial charge in [0.2, 0.25) is 0 Å². The molecule has 1 aromatic rings. The standard InChI is InChI=1S/C12H20N2O3S/c1-4-5-7-17-8-6-13-12-14-9(2)10(18-12)11(15)16-3/h4-8H2,1-3H3,(H,13,14). The SMILES string of the molecule is CCCCOCCNc1nc(C)c(C(=O)OC)s1. The van der Waals surface area contributed by atoms with Crippen LogP contribution in [0.2, 0.25) is 0 Å². The number of thiazole rings is 1. The van der Waals surface area contributed by atoms with Crippen molar-refractivity contribution < 1.29 is 14.3 Å². The quantitative estimate of drug-likeness (QED) is 0.582. The molecular weight excluding hydrogens is 252 g/mol. The first kappa shape index (κ1) is 14.9. The van der Waals surface area contributed by atoms with Crippen LogP contribution in [0.5, 0.6) is 0 Å². The van der Waals surface area contributed by atoms with Crippen LogP contribution in [0.3, 0.4) is 0 Å². The number of hydrogen-bond acceptors (Lipinski definition) is 6. The Labute approximate surface area is 112 Å². The first-order valence-electron chi connectivity index (χ1n) is 6.06. The van der Waals surface area contributed by atoms with Crippen molar-refractivity contribution in [2.45, 2.75) is 26.7 Å². The van der Waals surface area contributed by atoms with Crippen molar-refractivity contribution in [3.05, 3.63) is 10.6 Å². The summed E-state index contributed by atoms with van der Waals surface area (Å²) in [7, 11) is 1.37. The fraction of sp³-hybridized carbons (Fsp3) is 0.667. The topological polar surface area (TPSA) is 60.5 Å². The number of esters is 1. The molecule has 1 aromatic heterocycles. The lowest BCUT2D eigenvalue weighted by atomic mass is 10.4. The minimum atomic E-state index is -0.336. The van der Waals surface area contributed by atoms with Crippen molar-refractivity contribution in [2.24, 2.45) is 0 Å². The first-order valence-corrected chi connectivity index (χ1v) is 6.88. The van der Waals surface area contributed by atoms with E-state index in [2.05, 4.69) is 22.0 Å². The van der Waals surface area contributed by atoms with Gasteiger partial charge in [-0.15, -0.1) is 0 Å². The van der Waals surface area contributed by atoms with Crippen LogP contribution in [0.1, 0.15) is 35.1 Å². The molecule has 0 aliphatic rings. The van der Waals surface area contributed by atoms with E-state index in [9.17, 15) is 4.79 Å². The van der Waals surface area contributed by atoms with E-state index in [1.807, 2.05) is 0 Å². The van der Waals surface area contributed by atoms with E-state index in [0.29, 0.717) is 23.7 Å². The predicted octanol–water partition coefficient (Wildman–Crippen LogP) is 2.47. The van der Waals surface area contributed by atoms with Gasteiger partial charge in [-0.1, -0.05) is 24.7 Å². The van der Waals surface area contributed by atoms with Gasteiger partial charge < -0.3 is 14.8 Å². The number of nitrogens with zero attached hydrogens (tertiary/aromatic N) is 1. The molecule has 1 rings (SSSR count). The molecule has 0 aromatic carbocycles. The third kappa shape index (κ3) is 4.62. The van der Waals surface area contributed by atoms with Gasteiger partial charge in [-0.2, -0.15) is 0 Å². The number of methoxy groups -OCH3 is 1. The number of aromatic nitrogens is 1. The Morgan fingerprint density at radius 2 is 2.22 bits per heavy atom. The lowest BCUT2D eigenvalue weighted by Crippen LogP contribution is -2.09. The zero-order chi connectivity index (χ0) is 13.4. The number of ether oxygens (including phenoxy) is 2. The fourth-order valence-corrected chi connectivity index (χ4v) is 2.24. The van der Waals surface area contributed by atoms with Gasteiger partial charge in [-0.3, -0.25) is 0 Å². The van der Waals surface area contributed by atoms with Crippen LogP contribution in [0, 0.1) is 6.92 Å². The van der Waals surface area contributed by atoms with Crippen molar-refractivity contribution in [2.75, 3.05) is 32.2 Å². The first-order chi connectivity index (χ1) is 8.69. The molecular formula is C12H20N2O3S. The van der Waals surface area contributed by atoms with E-state index in [-0.39, 0.29) is 5.97 Å². The lowest BCUT2D eigenvalue weighted by molar-refractivity contribution is 0.0605. The normalized spacial score (nSPS) is 10.4. The average molecular weight is 272 g/mol. The molecule has 0 saturated heterocycles. The number of carbonyl (C=O) groups excluding carboxylic acids is 1. The highest BCUT2D eigenvalue weighted by Gasteiger charge is 2.15. The van der Waals surface area contributed by atoms with Gasteiger partial charge in [0.25, 0.3) is 0 Å². The van der Waals surface area contributed by atoms with Crippen LogP contribution in [0.15, 0.2) is 0 Å². The molecule has 0 aliphatic carbocycles. The Bertz CT molecular complexity index is 379. The monoisotopic (exact) mass is 272 g/mol. The second kappa shape index (κ2) is 8.05. The van der Waals surface area contributed by atoms with Crippen LogP contribution < -0.4 is 5.32 Å². The highest BCUT2D eigenvalue weighted by molar-refractivity contribution is 7.17. The zero-order valence-electron chi connectivity index (χ0n) is 11.1. The van der Waals surface area contributed by atoms with E-state index in [1.165, 1.54) is 18.4 Å². The molecule has 0 saturated carbocycles. The number of anilines is 1. The number of nitrogens with one attached hydrogen (secondary N) is 1. The maximum Gasteiger partial charge on any atom is 0.350 e. The molecule has 0 fully saturated rings. The molecule has 102 valence electrons. The van der Waals surface area contributed by atoms with E-state index >= 15 is 0 Å². The van der Waals surface area contributed by atoms with Gasteiger partial charge >= 0.3 is 5.97 Å². The molecule has 18 heavy (non-hydrogen) atoms. The molecule has 0 amide bonds. The highest BCUT2D eigenvalue weighted by Crippen LogP contribution is 2.22. The summed E-state index contributed by atoms with van der Waals surface area (Å²) in [5, 5.41) is 3.87. The van der Waals surface area contributed by atoms with Crippen molar-refractivity contribution in [1.29, 1.82) is 0 Å². The van der Waals surface area contributed by atoms with Crippen LogP contribution in [-0.2, 0) is 9.47 Å². The summed E-state index contributed by atoms with van der Waals surface area (Å²) in [6.45, 7) is 6.06. The van der Waals surface area contributed by atoms with Crippen molar-refractivity contribution >= 4 is 22.4 Å². The zero-order valence-corrected chi connectivity index (χ0v) is 11.9. The second-order valence-corrected chi connectivity index (χ2v) is 4.82. The number of carbonyl (C=O) groups is 1. The van der Waals surface area contributed by atoms with E-state index in [4.69, 9.17) is 4.74 Å². The number of hydrogen-bond donors (Lipinski definition) is 1. The largest absolute Gasteiger partial charge is 0.465 e. The Hall–Kier alpha value is -1.14. The summed E-state index contributed by atoms with van der Waals surface area (Å²) >= 11 is 1.31. The van der Waals surface area contributed by atoms with Crippen LogP contribution >= 0.6 is 11.3 Å². The van der Waals surface area contributed by atoms with Gasteiger partial charge in [-0.05, 0) is 13.3 Å². The van der Waals surface area contributed by atoms with Gasteiger partial charge in [0, 0.05) is 13.2 Å². The van der Waals surface area contributed by atoms with Gasteiger partial charge in [0.05, 0.1) is 19.4 Å². The van der Waals surface area contributed by atoms with Gasteiger partial charge in [0.1, 0.15) is 4.88 Å². The molecule has 1 N–H and O–H groups in total.